The summed E-state index contributed by atoms with van der Waals surface area (Å²) < 4.78 is 34.4. The van der Waals surface area contributed by atoms with Gasteiger partial charge in [0.05, 0.1) is 38.6 Å². The van der Waals surface area contributed by atoms with Gasteiger partial charge in [0.1, 0.15) is 73.2 Å². The van der Waals surface area contributed by atoms with Gasteiger partial charge in [0.2, 0.25) is 5.91 Å². The van der Waals surface area contributed by atoms with Gasteiger partial charge in [0, 0.05) is 6.42 Å². The summed E-state index contributed by atoms with van der Waals surface area (Å²) in [6.45, 7) is 1.63. The van der Waals surface area contributed by atoms with E-state index in [1.54, 1.807) is 6.08 Å². The third kappa shape index (κ3) is 39.4. The van der Waals surface area contributed by atoms with Crippen LogP contribution in [0.1, 0.15) is 264 Å². The Bertz CT molecular complexity index is 2150. The molecule has 0 aromatic carbocycles. The average molecular weight is 1390 g/mol. The van der Waals surface area contributed by atoms with Crippen LogP contribution < -0.4 is 5.32 Å². The Balaban J connectivity index is 1.36. The minimum absolute atomic E-state index is 0.237. The van der Waals surface area contributed by atoms with E-state index in [0.717, 1.165) is 96.3 Å². The highest BCUT2D eigenvalue weighted by Crippen LogP contribution is 2.33. The molecule has 3 rings (SSSR count). The summed E-state index contributed by atoms with van der Waals surface area (Å²) >= 11 is 0. The normalized spacial score (nSPS) is 27.3. The molecule has 98 heavy (non-hydrogen) atoms. The number of hydrogen-bond acceptors (Lipinski definition) is 18. The third-order valence-electron chi connectivity index (χ3n) is 18.6. The molecule has 0 aliphatic carbocycles. The van der Waals surface area contributed by atoms with E-state index in [4.69, 9.17) is 28.4 Å². The van der Waals surface area contributed by atoms with E-state index in [0.29, 0.717) is 6.42 Å². The molecule has 0 bridgehead atoms. The molecule has 0 spiro atoms. The van der Waals surface area contributed by atoms with Crippen molar-refractivity contribution in [2.45, 2.75) is 369 Å². The molecule has 0 radical (unpaired) electrons. The van der Waals surface area contributed by atoms with Crippen LogP contribution in [-0.4, -0.2) is 193 Å². The third-order valence-corrected chi connectivity index (χ3v) is 18.6. The van der Waals surface area contributed by atoms with Gasteiger partial charge in [-0.2, -0.15) is 0 Å². The first-order valence-corrected chi connectivity index (χ1v) is 38.5. The summed E-state index contributed by atoms with van der Waals surface area (Å²) in [4.78, 5) is 13.5. The van der Waals surface area contributed by atoms with E-state index < -0.39 is 124 Å². The highest BCUT2D eigenvalue weighted by molar-refractivity contribution is 5.76. The molecule has 3 heterocycles. The van der Waals surface area contributed by atoms with E-state index in [1.807, 2.05) is 6.08 Å². The molecular weight excluding hydrogens is 1250 g/mol. The number of carbonyl (C=O) groups is 1. The van der Waals surface area contributed by atoms with Crippen molar-refractivity contribution in [2.24, 2.45) is 0 Å². The number of unbranched alkanes of at least 4 members (excludes halogenated alkanes) is 29. The van der Waals surface area contributed by atoms with Crippen molar-refractivity contribution in [3.8, 4) is 0 Å². The number of carbonyl (C=O) groups excluding carboxylic acids is 1. The van der Waals surface area contributed by atoms with E-state index in [9.17, 15) is 61.0 Å². The summed E-state index contributed by atoms with van der Waals surface area (Å²) in [7, 11) is 0. The topological polar surface area (TPSA) is 307 Å². The van der Waals surface area contributed by atoms with Crippen LogP contribution in [0.15, 0.2) is 97.2 Å². The van der Waals surface area contributed by atoms with Gasteiger partial charge in [0.25, 0.3) is 0 Å². The smallest absolute Gasteiger partial charge is 0.220 e. The molecular formula is C79H137NO18. The number of aliphatic hydroxyl groups is 11. The summed E-state index contributed by atoms with van der Waals surface area (Å²) in [5.74, 6) is -0.278. The summed E-state index contributed by atoms with van der Waals surface area (Å²) in [6, 6.07) is -0.979. The predicted octanol–water partition coefficient (Wildman–Crippen LogP) is 12.0. The first kappa shape index (κ1) is 88.9. The molecule has 566 valence electrons. The molecule has 0 aromatic rings. The number of aliphatic hydroxyl groups excluding tert-OH is 11. The van der Waals surface area contributed by atoms with Crippen molar-refractivity contribution in [1.29, 1.82) is 0 Å². The van der Waals surface area contributed by atoms with Crippen molar-refractivity contribution in [1.82, 2.24) is 5.32 Å². The van der Waals surface area contributed by atoms with Gasteiger partial charge in [-0.15, -0.1) is 0 Å². The van der Waals surface area contributed by atoms with Gasteiger partial charge in [-0.1, -0.05) is 278 Å². The average Bonchev–Trinajstić information content (AvgIpc) is 0.785. The summed E-state index contributed by atoms with van der Waals surface area (Å²) in [5, 5.41) is 121. The van der Waals surface area contributed by atoms with E-state index in [-0.39, 0.29) is 18.9 Å². The Hall–Kier alpha value is -3.29. The quantitative estimate of drug-likeness (QED) is 0.0199. The van der Waals surface area contributed by atoms with Crippen LogP contribution in [0, 0.1) is 0 Å². The predicted molar refractivity (Wildman–Crippen MR) is 387 cm³/mol. The molecule has 3 fully saturated rings. The zero-order valence-electron chi connectivity index (χ0n) is 60.2. The van der Waals surface area contributed by atoms with Crippen molar-refractivity contribution < 1.29 is 89.4 Å². The molecule has 3 aliphatic rings. The molecule has 1 amide bonds. The van der Waals surface area contributed by atoms with E-state index >= 15 is 0 Å². The molecule has 19 nitrogen and oxygen atoms in total. The number of ether oxygens (including phenoxy) is 6. The number of amides is 1. The van der Waals surface area contributed by atoms with Crippen molar-refractivity contribution in [3.63, 3.8) is 0 Å². The molecule has 0 aromatic heterocycles. The minimum Gasteiger partial charge on any atom is -0.394 e. The van der Waals surface area contributed by atoms with Crippen LogP contribution in [0.2, 0.25) is 0 Å². The van der Waals surface area contributed by atoms with Gasteiger partial charge < -0.3 is 89.9 Å². The number of nitrogens with one attached hydrogen (secondary N) is 1. The minimum atomic E-state index is -1.98. The first-order chi connectivity index (χ1) is 47.8. The second kappa shape index (κ2) is 59.1. The lowest BCUT2D eigenvalue weighted by molar-refractivity contribution is -0.379. The maximum atomic E-state index is 13.5. The maximum absolute atomic E-state index is 13.5. The lowest BCUT2D eigenvalue weighted by Crippen LogP contribution is -2.66. The van der Waals surface area contributed by atoms with Gasteiger partial charge in [-0.05, 0) is 77.0 Å². The first-order valence-electron chi connectivity index (χ1n) is 38.5. The van der Waals surface area contributed by atoms with Crippen molar-refractivity contribution in [3.05, 3.63) is 97.2 Å². The van der Waals surface area contributed by atoms with Gasteiger partial charge in [-0.3, -0.25) is 4.79 Å². The lowest BCUT2D eigenvalue weighted by atomic mass is 9.96. The van der Waals surface area contributed by atoms with E-state index in [2.05, 4.69) is 104 Å². The Morgan fingerprint density at radius 1 is 0.378 bits per heavy atom. The molecule has 3 aliphatic heterocycles. The molecule has 19 heteroatoms. The fraction of sp³-hybridized carbons (Fsp3) is 0.785. The van der Waals surface area contributed by atoms with Crippen molar-refractivity contribution in [2.75, 3.05) is 26.4 Å². The van der Waals surface area contributed by atoms with Crippen LogP contribution >= 0.6 is 0 Å². The molecule has 3 saturated heterocycles. The Labute approximate surface area is 590 Å². The standard InChI is InChI=1S/C79H137NO18/c1-3-5-7-9-11-13-15-17-19-21-23-24-25-26-27-28-29-30-31-32-33-34-35-36-37-38-39-41-43-45-47-49-51-53-55-57-67(85)80-62(63(84)56-54-52-50-48-46-44-42-40-22-20-18-16-14-12-10-8-6-4-2)61-93-77-73(91)70(88)75(65(59-82)95-77)98-79-74(92)71(89)76(66(60-83)96-79)97-78-72(90)69(87)68(86)64(58-81)94-78/h5,7,11,13,17,19,23-24,26-27,29-30,32-33,54,56,62-66,68-79,81-84,86-92H,3-4,6,8-10,12,14-16,18,20-22,25,28,31,34-53,55,57-61H2,1-2H3,(H,80,85)/b7-5-,13-11-,19-17-,24-23-,27-26-,30-29-,33-32-,56-54+. The summed E-state index contributed by atoms with van der Waals surface area (Å²) in [6.07, 6.45) is 52.4. The molecule has 17 unspecified atom stereocenters. The Morgan fingerprint density at radius 2 is 0.704 bits per heavy atom. The van der Waals surface area contributed by atoms with Crippen LogP contribution in [-0.2, 0) is 33.2 Å². The largest absolute Gasteiger partial charge is 0.394 e. The zero-order valence-corrected chi connectivity index (χ0v) is 60.2. The van der Waals surface area contributed by atoms with Crippen LogP contribution in [0.25, 0.3) is 0 Å². The SMILES string of the molecule is CC/C=C\C/C=C\C/C=C\C/C=C\C/C=C\C/C=C\C/C=C\CCCCCCCCCCCCCCCC(=O)NC(COC1OC(CO)C(OC2OC(CO)C(OC3OC(CO)C(O)C(O)C3O)C(O)C2O)C(O)C1O)C(O)/C=C/CCCCCCCCCCCCCCCCCC. The fourth-order valence-electron chi connectivity index (χ4n) is 12.5. The molecule has 12 N–H and O–H groups in total. The zero-order chi connectivity index (χ0) is 71.1. The summed E-state index contributed by atoms with van der Waals surface area (Å²) in [5.41, 5.74) is 0. The maximum Gasteiger partial charge on any atom is 0.220 e. The number of hydrogen-bond donors (Lipinski definition) is 12. The second-order valence-electron chi connectivity index (χ2n) is 27.1. The fourth-order valence-corrected chi connectivity index (χ4v) is 12.5. The monoisotopic (exact) mass is 1390 g/mol. The van der Waals surface area contributed by atoms with Crippen LogP contribution in [0.5, 0.6) is 0 Å². The number of rotatable bonds is 59. The van der Waals surface area contributed by atoms with Gasteiger partial charge in [0.15, 0.2) is 18.9 Å². The van der Waals surface area contributed by atoms with Crippen molar-refractivity contribution >= 4 is 5.91 Å². The highest BCUT2D eigenvalue weighted by Gasteiger charge is 2.53. The molecule has 17 atom stereocenters. The van der Waals surface area contributed by atoms with E-state index in [1.165, 1.54) is 141 Å². The Morgan fingerprint density at radius 3 is 1.10 bits per heavy atom. The van der Waals surface area contributed by atoms with Gasteiger partial charge >= 0.3 is 0 Å². The second-order valence-corrected chi connectivity index (χ2v) is 27.1. The number of allylic oxidation sites excluding steroid dienone is 15. The highest BCUT2D eigenvalue weighted by atomic mass is 16.8. The van der Waals surface area contributed by atoms with Crippen LogP contribution in [0.4, 0.5) is 0 Å². The van der Waals surface area contributed by atoms with Gasteiger partial charge in [-0.25, -0.2) is 0 Å². The lowest BCUT2D eigenvalue weighted by Gasteiger charge is -2.48. The van der Waals surface area contributed by atoms with Crippen LogP contribution in [0.3, 0.4) is 0 Å². The molecule has 0 saturated carbocycles. The Kier molecular flexibility index (Phi) is 53.7.